The normalized spacial score (nSPS) is 9.93. The molecule has 0 N–H and O–H groups in total. The van der Waals surface area contributed by atoms with Gasteiger partial charge in [0.25, 0.3) is 0 Å². The molecule has 2 nitrogen and oxygen atoms in total. The van der Waals surface area contributed by atoms with E-state index in [0.29, 0.717) is 16.7 Å². The lowest BCUT2D eigenvalue weighted by atomic mass is 10.1. The number of fused-ring (bicyclic) bond motifs is 1. The highest BCUT2D eigenvalue weighted by atomic mass is 16.4. The molecule has 0 atom stereocenters. The predicted octanol–water partition coefficient (Wildman–Crippen LogP) is 2.98. The topological polar surface area (TPSA) is 30.2 Å². The van der Waals surface area contributed by atoms with Gasteiger partial charge in [-0.2, -0.15) is 0 Å². The first-order chi connectivity index (χ1) is 7.22. The summed E-state index contributed by atoms with van der Waals surface area (Å²) in [5.41, 5.74) is 4.17. The van der Waals surface area contributed by atoms with E-state index in [-0.39, 0.29) is 5.63 Å². The molecule has 1 aromatic carbocycles. The largest absolute Gasteiger partial charge is 0.422 e. The van der Waals surface area contributed by atoms with Crippen molar-refractivity contribution in [3.8, 4) is 0 Å². The van der Waals surface area contributed by atoms with Crippen LogP contribution >= 0.6 is 0 Å². The van der Waals surface area contributed by atoms with Gasteiger partial charge >= 0.3 is 5.63 Å². The van der Waals surface area contributed by atoms with Crippen LogP contribution in [0.25, 0.3) is 16.5 Å². The van der Waals surface area contributed by atoms with E-state index >= 15 is 0 Å². The molecule has 2 rings (SSSR count). The smallest absolute Gasteiger partial charge is 0.344 e. The highest BCUT2D eigenvalue weighted by molar-refractivity contribution is 5.80. The Morgan fingerprint density at radius 1 is 1.40 bits per heavy atom. The van der Waals surface area contributed by atoms with Gasteiger partial charge in [0.1, 0.15) is 5.58 Å². The number of allylic oxidation sites excluding steroid dienone is 1. The third kappa shape index (κ3) is 1.63. The zero-order chi connectivity index (χ0) is 10.8. The summed E-state index contributed by atoms with van der Waals surface area (Å²) in [5, 5.41) is 0.904. The van der Waals surface area contributed by atoms with Crippen LogP contribution < -0.4 is 5.63 Å². The molecular weight excluding hydrogens is 188 g/mol. The Labute approximate surface area is 87.2 Å². The third-order valence-corrected chi connectivity index (χ3v) is 2.31. The summed E-state index contributed by atoms with van der Waals surface area (Å²) in [7, 11) is 0. The minimum Gasteiger partial charge on any atom is -0.422 e. The maximum absolute atomic E-state index is 11.6. The first-order valence-electron chi connectivity index (χ1n) is 4.62. The van der Waals surface area contributed by atoms with Gasteiger partial charge in [-0.3, -0.25) is 0 Å². The number of para-hydroxylation sites is 1. The molecule has 0 aliphatic heterocycles. The molecule has 2 heteroatoms. The van der Waals surface area contributed by atoms with Gasteiger partial charge in [-0.05, 0) is 19.1 Å². The van der Waals surface area contributed by atoms with Gasteiger partial charge in [-0.1, -0.05) is 24.8 Å². The van der Waals surface area contributed by atoms with Crippen LogP contribution in [0.4, 0.5) is 0 Å². The zero-order valence-corrected chi connectivity index (χ0v) is 8.41. The summed E-state index contributed by atoms with van der Waals surface area (Å²) >= 11 is 0. The van der Waals surface area contributed by atoms with Crippen molar-refractivity contribution in [3.63, 3.8) is 0 Å². The second-order valence-electron chi connectivity index (χ2n) is 3.29. The second-order valence-corrected chi connectivity index (χ2v) is 3.29. The van der Waals surface area contributed by atoms with E-state index in [0.717, 1.165) is 5.39 Å². The zero-order valence-electron chi connectivity index (χ0n) is 8.41. The van der Waals surface area contributed by atoms with Gasteiger partial charge < -0.3 is 4.42 Å². The molecule has 1 aromatic heterocycles. The van der Waals surface area contributed by atoms with Crippen LogP contribution in [-0.4, -0.2) is 0 Å². The van der Waals surface area contributed by atoms with Crippen LogP contribution in [0.2, 0.25) is 0 Å². The van der Waals surface area contributed by atoms with Crippen molar-refractivity contribution in [1.29, 1.82) is 0 Å². The molecule has 0 aliphatic rings. The van der Waals surface area contributed by atoms with Crippen LogP contribution in [0.3, 0.4) is 0 Å². The van der Waals surface area contributed by atoms with Crippen molar-refractivity contribution >= 4 is 16.5 Å². The van der Waals surface area contributed by atoms with Gasteiger partial charge in [0.05, 0.1) is 5.56 Å². The number of rotatable bonds is 1. The highest BCUT2D eigenvalue weighted by Crippen LogP contribution is 2.16. The van der Waals surface area contributed by atoms with Crippen LogP contribution in [0.5, 0.6) is 0 Å². The van der Waals surface area contributed by atoms with Crippen molar-refractivity contribution < 1.29 is 4.42 Å². The van der Waals surface area contributed by atoms with Gasteiger partial charge in [-0.15, -0.1) is 5.73 Å². The van der Waals surface area contributed by atoms with Crippen LogP contribution in [0.15, 0.2) is 51.9 Å². The Bertz CT molecular complexity index is 614. The molecule has 0 amide bonds. The highest BCUT2D eigenvalue weighted by Gasteiger charge is 2.05. The van der Waals surface area contributed by atoms with E-state index in [1.807, 2.05) is 18.2 Å². The van der Waals surface area contributed by atoms with E-state index < -0.39 is 0 Å². The SMILES string of the molecule is C=C=C(C)c1cc2ccccc2oc1=O. The molecular formula is C13H10O2. The average Bonchev–Trinajstić information content (AvgIpc) is 2.27. The number of benzene rings is 1. The quantitative estimate of drug-likeness (QED) is 0.521. The van der Waals surface area contributed by atoms with E-state index in [1.54, 1.807) is 19.1 Å². The molecule has 0 bridgehead atoms. The fourth-order valence-corrected chi connectivity index (χ4v) is 1.42. The second kappa shape index (κ2) is 3.60. The van der Waals surface area contributed by atoms with E-state index in [1.165, 1.54) is 0 Å². The predicted molar refractivity (Wildman–Crippen MR) is 60.7 cm³/mol. The van der Waals surface area contributed by atoms with Crippen molar-refractivity contribution in [3.05, 3.63) is 58.6 Å². The molecule has 0 aliphatic carbocycles. The molecule has 0 unspecified atom stereocenters. The number of hydrogen-bond acceptors (Lipinski definition) is 2. The fraction of sp³-hybridized carbons (Fsp3) is 0.0769. The summed E-state index contributed by atoms with van der Waals surface area (Å²) in [6.07, 6.45) is 0. The molecule has 15 heavy (non-hydrogen) atoms. The van der Waals surface area contributed by atoms with E-state index in [2.05, 4.69) is 12.3 Å². The summed E-state index contributed by atoms with van der Waals surface area (Å²) in [5.74, 6) is 0. The summed E-state index contributed by atoms with van der Waals surface area (Å²) in [4.78, 5) is 11.6. The van der Waals surface area contributed by atoms with Crippen molar-refractivity contribution in [1.82, 2.24) is 0 Å². The maximum Gasteiger partial charge on any atom is 0.344 e. The fourth-order valence-electron chi connectivity index (χ4n) is 1.42. The van der Waals surface area contributed by atoms with E-state index in [9.17, 15) is 4.79 Å². The maximum atomic E-state index is 11.6. The lowest BCUT2D eigenvalue weighted by molar-refractivity contribution is 0.558. The molecule has 74 valence electrons. The third-order valence-electron chi connectivity index (χ3n) is 2.31. The van der Waals surface area contributed by atoms with E-state index in [4.69, 9.17) is 4.42 Å². The van der Waals surface area contributed by atoms with Gasteiger partial charge in [0.2, 0.25) is 0 Å². The van der Waals surface area contributed by atoms with Crippen molar-refractivity contribution in [2.75, 3.05) is 0 Å². The van der Waals surface area contributed by atoms with Gasteiger partial charge in [0.15, 0.2) is 0 Å². The van der Waals surface area contributed by atoms with Gasteiger partial charge in [-0.25, -0.2) is 4.79 Å². The lowest BCUT2D eigenvalue weighted by Crippen LogP contribution is -2.04. The van der Waals surface area contributed by atoms with Crippen LogP contribution in [0, 0.1) is 0 Å². The molecule has 1 heterocycles. The minimum atomic E-state index is -0.345. The van der Waals surface area contributed by atoms with Crippen molar-refractivity contribution in [2.24, 2.45) is 0 Å². The van der Waals surface area contributed by atoms with Crippen molar-refractivity contribution in [2.45, 2.75) is 6.92 Å². The Morgan fingerprint density at radius 3 is 2.87 bits per heavy atom. The average molecular weight is 198 g/mol. The molecule has 0 spiro atoms. The summed E-state index contributed by atoms with van der Waals surface area (Å²) < 4.78 is 5.17. The number of hydrogen-bond donors (Lipinski definition) is 0. The lowest BCUT2D eigenvalue weighted by Gasteiger charge is -1.99. The first-order valence-corrected chi connectivity index (χ1v) is 4.62. The minimum absolute atomic E-state index is 0.345. The Morgan fingerprint density at radius 2 is 2.13 bits per heavy atom. The molecule has 2 aromatic rings. The van der Waals surface area contributed by atoms with Crippen LogP contribution in [-0.2, 0) is 0 Å². The monoisotopic (exact) mass is 198 g/mol. The van der Waals surface area contributed by atoms with Crippen LogP contribution in [0.1, 0.15) is 12.5 Å². The molecule has 0 fully saturated rings. The summed E-state index contributed by atoms with van der Waals surface area (Å²) in [6, 6.07) is 9.21. The standard InChI is InChI=1S/C13H10O2/c1-3-9(2)11-8-10-6-4-5-7-12(10)15-13(11)14/h4-8H,1H2,2H3. The molecule has 0 saturated carbocycles. The Kier molecular flexibility index (Phi) is 2.28. The Balaban J connectivity index is 2.84. The Hall–Kier alpha value is -2.05. The molecule has 0 radical (unpaired) electrons. The van der Waals surface area contributed by atoms with Gasteiger partial charge in [0, 0.05) is 11.0 Å². The first kappa shape index (κ1) is 9.50. The molecule has 0 saturated heterocycles. The summed E-state index contributed by atoms with van der Waals surface area (Å²) in [6.45, 7) is 5.30.